The van der Waals surface area contributed by atoms with Gasteiger partial charge in [0.05, 0.1) is 17.2 Å². The lowest BCUT2D eigenvalue weighted by molar-refractivity contribution is 0.335. The van der Waals surface area contributed by atoms with Crippen molar-refractivity contribution in [3.05, 3.63) is 52.5 Å². The first-order chi connectivity index (χ1) is 13.4. The van der Waals surface area contributed by atoms with Crippen molar-refractivity contribution in [3.8, 4) is 10.9 Å². The third-order valence-electron chi connectivity index (χ3n) is 3.39. The van der Waals surface area contributed by atoms with Crippen LogP contribution >= 0.6 is 27.3 Å². The summed E-state index contributed by atoms with van der Waals surface area (Å²) in [6, 6.07) is 11.0. The second-order valence-corrected chi connectivity index (χ2v) is 8.91. The lowest BCUT2D eigenvalue weighted by Crippen LogP contribution is -2.12. The molecule has 0 unspecified atom stereocenters. The van der Waals surface area contributed by atoms with Gasteiger partial charge in [0.2, 0.25) is 5.13 Å². The zero-order valence-electron chi connectivity index (χ0n) is 14.5. The molecule has 0 aliphatic rings. The lowest BCUT2D eigenvalue weighted by Gasteiger charge is -2.05. The Morgan fingerprint density at radius 1 is 1.25 bits per heavy atom. The van der Waals surface area contributed by atoms with E-state index in [0.29, 0.717) is 23.1 Å². The van der Waals surface area contributed by atoms with Crippen molar-refractivity contribution in [2.75, 3.05) is 11.3 Å². The van der Waals surface area contributed by atoms with E-state index in [1.165, 1.54) is 18.3 Å². The van der Waals surface area contributed by atoms with E-state index in [1.807, 2.05) is 0 Å². The highest BCUT2D eigenvalue weighted by Crippen LogP contribution is 2.26. The second-order valence-electron chi connectivity index (χ2n) is 5.37. The number of phenolic OH excluding ortho intramolecular Hbond substituents is 1. The quantitative estimate of drug-likeness (QED) is 0.492. The zero-order valence-corrected chi connectivity index (χ0v) is 17.8. The first kappa shape index (κ1) is 20.2. The van der Waals surface area contributed by atoms with Crippen molar-refractivity contribution in [1.29, 1.82) is 0 Å². The molecule has 0 saturated carbocycles. The summed E-state index contributed by atoms with van der Waals surface area (Å²) >= 11 is 4.33. The van der Waals surface area contributed by atoms with E-state index >= 15 is 0 Å². The summed E-state index contributed by atoms with van der Waals surface area (Å²) in [5.74, 6) is 0.0961. The number of sulfonamides is 1. The van der Waals surface area contributed by atoms with Gasteiger partial charge < -0.3 is 9.84 Å². The molecule has 146 valence electrons. The average Bonchev–Trinajstić information content (AvgIpc) is 3.09. The summed E-state index contributed by atoms with van der Waals surface area (Å²) in [4.78, 5) is 4.31. The summed E-state index contributed by atoms with van der Waals surface area (Å²) in [6.45, 7) is 2.22. The van der Waals surface area contributed by atoms with Crippen molar-refractivity contribution in [3.63, 3.8) is 0 Å². The predicted molar refractivity (Wildman–Crippen MR) is 111 cm³/mol. The van der Waals surface area contributed by atoms with E-state index in [2.05, 4.69) is 35.8 Å². The van der Waals surface area contributed by atoms with Crippen LogP contribution in [0.2, 0.25) is 0 Å². The highest BCUT2D eigenvalue weighted by Gasteiger charge is 2.17. The van der Waals surface area contributed by atoms with Crippen LogP contribution in [-0.4, -0.2) is 36.5 Å². The molecule has 28 heavy (non-hydrogen) atoms. The van der Waals surface area contributed by atoms with E-state index in [-0.39, 0.29) is 15.8 Å². The van der Waals surface area contributed by atoms with Gasteiger partial charge in [-0.15, -0.1) is 5.10 Å². The summed E-state index contributed by atoms with van der Waals surface area (Å²) in [6.07, 6.45) is 1.50. The van der Waals surface area contributed by atoms with Crippen LogP contribution < -0.4 is 9.46 Å². The second kappa shape index (κ2) is 8.67. The molecule has 0 radical (unpaired) electrons. The molecule has 2 aromatic carbocycles. The van der Waals surface area contributed by atoms with Gasteiger partial charge in [0.15, 0.2) is 0 Å². The van der Waals surface area contributed by atoms with Crippen LogP contribution in [0.5, 0.6) is 10.9 Å². The Morgan fingerprint density at radius 2 is 2.00 bits per heavy atom. The van der Waals surface area contributed by atoms with Crippen molar-refractivity contribution in [2.45, 2.75) is 11.8 Å². The minimum absolute atomic E-state index is 0.0601. The number of halogens is 1. The summed E-state index contributed by atoms with van der Waals surface area (Å²) in [5, 5.41) is 17.7. The highest BCUT2D eigenvalue weighted by atomic mass is 79.9. The van der Waals surface area contributed by atoms with E-state index in [1.54, 1.807) is 37.3 Å². The van der Waals surface area contributed by atoms with Gasteiger partial charge in [-0.2, -0.15) is 0 Å². The van der Waals surface area contributed by atoms with Gasteiger partial charge in [0.25, 0.3) is 15.2 Å². The molecule has 3 aromatic rings. The molecule has 0 aliphatic carbocycles. The molecule has 0 aliphatic heterocycles. The predicted octanol–water partition coefficient (Wildman–Crippen LogP) is 3.96. The molecule has 0 atom stereocenters. The number of rotatable bonds is 7. The number of aromatic hydroxyl groups is 1. The molecule has 1 aromatic heterocycles. The number of aliphatic imine (C=N–C) groups is 1. The minimum atomic E-state index is -3.81. The standard InChI is InChI=1S/C17H15BrN4O4S2/c1-2-26-17-21-20-16(27-17)22-28(24,25)14-6-4-13(5-7-14)19-10-11-9-12(18)3-8-15(11)23/h3-10,23H,2H2,1H3,(H,20,22). The van der Waals surface area contributed by atoms with Gasteiger partial charge in [-0.3, -0.25) is 9.71 Å². The Bertz CT molecular complexity index is 1100. The van der Waals surface area contributed by atoms with Crippen LogP contribution in [0.1, 0.15) is 12.5 Å². The van der Waals surface area contributed by atoms with Crippen molar-refractivity contribution in [2.24, 2.45) is 4.99 Å². The SMILES string of the molecule is CCOc1nnc(NS(=O)(=O)c2ccc(N=Cc3cc(Br)ccc3O)cc2)s1. The van der Waals surface area contributed by atoms with E-state index in [4.69, 9.17) is 4.74 Å². The Kier molecular flexibility index (Phi) is 6.27. The fraction of sp³-hybridized carbons (Fsp3) is 0.118. The van der Waals surface area contributed by atoms with Crippen LogP contribution in [0.4, 0.5) is 10.8 Å². The van der Waals surface area contributed by atoms with Gasteiger partial charge >= 0.3 is 0 Å². The molecule has 2 N–H and O–H groups in total. The van der Waals surface area contributed by atoms with Crippen LogP contribution in [0.3, 0.4) is 0 Å². The topological polar surface area (TPSA) is 114 Å². The molecule has 8 nitrogen and oxygen atoms in total. The molecule has 1 heterocycles. The Labute approximate surface area is 174 Å². The largest absolute Gasteiger partial charge is 0.507 e. The highest BCUT2D eigenvalue weighted by molar-refractivity contribution is 9.10. The molecular weight excluding hydrogens is 468 g/mol. The maximum absolute atomic E-state index is 12.5. The average molecular weight is 483 g/mol. The number of phenols is 1. The Morgan fingerprint density at radius 3 is 2.71 bits per heavy atom. The number of anilines is 1. The molecule has 0 amide bonds. The molecule has 0 bridgehead atoms. The monoisotopic (exact) mass is 482 g/mol. The maximum atomic E-state index is 12.5. The normalized spacial score (nSPS) is 11.6. The van der Waals surface area contributed by atoms with Gasteiger partial charge in [-0.05, 0) is 60.7 Å². The summed E-state index contributed by atoms with van der Waals surface area (Å²) in [5.41, 5.74) is 1.07. The number of hydrogen-bond acceptors (Lipinski definition) is 8. The van der Waals surface area contributed by atoms with Crippen molar-refractivity contribution < 1.29 is 18.3 Å². The lowest BCUT2D eigenvalue weighted by atomic mass is 10.2. The number of nitrogens with zero attached hydrogens (tertiary/aromatic N) is 3. The van der Waals surface area contributed by atoms with Crippen LogP contribution in [0.15, 0.2) is 56.8 Å². The molecule has 0 saturated heterocycles. The first-order valence-corrected chi connectivity index (χ1v) is 11.1. The van der Waals surface area contributed by atoms with E-state index < -0.39 is 10.0 Å². The zero-order chi connectivity index (χ0) is 20.1. The van der Waals surface area contributed by atoms with E-state index in [0.717, 1.165) is 15.8 Å². The summed E-state index contributed by atoms with van der Waals surface area (Å²) in [7, 11) is -3.81. The third kappa shape index (κ3) is 5.06. The molecule has 0 spiro atoms. The van der Waals surface area contributed by atoms with Crippen LogP contribution in [-0.2, 0) is 10.0 Å². The fourth-order valence-electron chi connectivity index (χ4n) is 2.09. The molecule has 0 fully saturated rings. The van der Waals surface area contributed by atoms with Crippen LogP contribution in [0, 0.1) is 0 Å². The number of aromatic nitrogens is 2. The summed E-state index contributed by atoms with van der Waals surface area (Å²) < 4.78 is 33.3. The Hall–Kier alpha value is -2.50. The Balaban J connectivity index is 1.73. The third-order valence-corrected chi connectivity index (χ3v) is 6.11. The molecule has 11 heteroatoms. The first-order valence-electron chi connectivity index (χ1n) is 7.99. The fourth-order valence-corrected chi connectivity index (χ4v) is 4.35. The molecular formula is C17H15BrN4O4S2. The number of nitrogens with one attached hydrogen (secondary N) is 1. The number of ether oxygens (including phenoxy) is 1. The van der Waals surface area contributed by atoms with Gasteiger partial charge in [-0.25, -0.2) is 8.42 Å². The maximum Gasteiger partial charge on any atom is 0.295 e. The number of hydrogen-bond donors (Lipinski definition) is 2. The molecule has 3 rings (SSSR count). The van der Waals surface area contributed by atoms with E-state index in [9.17, 15) is 13.5 Å². The van der Waals surface area contributed by atoms with Crippen molar-refractivity contribution >= 4 is 54.3 Å². The van der Waals surface area contributed by atoms with Gasteiger partial charge in [-0.1, -0.05) is 21.0 Å². The van der Waals surface area contributed by atoms with Crippen molar-refractivity contribution in [1.82, 2.24) is 10.2 Å². The van der Waals surface area contributed by atoms with Gasteiger partial charge in [0.1, 0.15) is 5.75 Å². The smallest absolute Gasteiger partial charge is 0.295 e. The van der Waals surface area contributed by atoms with Crippen LogP contribution in [0.25, 0.3) is 0 Å². The van der Waals surface area contributed by atoms with Gasteiger partial charge in [0, 0.05) is 16.3 Å². The number of benzene rings is 2. The minimum Gasteiger partial charge on any atom is -0.507 e.